The molecule has 1 aliphatic carbocycles. The number of allylic oxidation sites excluding steroid dienone is 2. The number of rotatable bonds is 1. The number of methoxy groups -OCH3 is 1. The minimum Gasteiger partial charge on any atom is -0.469 e. The van der Waals surface area contributed by atoms with Crippen molar-refractivity contribution in [3.63, 3.8) is 0 Å². The van der Waals surface area contributed by atoms with Crippen molar-refractivity contribution in [3.05, 3.63) is 12.2 Å². The third kappa shape index (κ3) is 1.59. The first kappa shape index (κ1) is 7.32. The molecule has 0 fully saturated rings. The van der Waals surface area contributed by atoms with Crippen LogP contribution in [0, 0.1) is 5.92 Å². The van der Waals surface area contributed by atoms with Crippen LogP contribution in [0.15, 0.2) is 12.2 Å². The lowest BCUT2D eigenvalue weighted by molar-refractivity contribution is -0.145. The number of carbonyl (C=O) groups is 1. The summed E-state index contributed by atoms with van der Waals surface area (Å²) in [5.41, 5.74) is 0. The molecule has 2 nitrogen and oxygen atoms in total. The van der Waals surface area contributed by atoms with Gasteiger partial charge in [0.05, 0.1) is 13.0 Å². The van der Waals surface area contributed by atoms with Crippen LogP contribution >= 0.6 is 0 Å². The monoisotopic (exact) mass is 140 g/mol. The van der Waals surface area contributed by atoms with Crippen molar-refractivity contribution in [2.24, 2.45) is 5.92 Å². The molecule has 0 amide bonds. The molecule has 0 bridgehead atoms. The van der Waals surface area contributed by atoms with Crippen molar-refractivity contribution in [2.45, 2.75) is 19.3 Å². The van der Waals surface area contributed by atoms with Crippen LogP contribution in [0.4, 0.5) is 0 Å². The summed E-state index contributed by atoms with van der Waals surface area (Å²) in [6, 6.07) is 0. The Morgan fingerprint density at radius 3 is 2.90 bits per heavy atom. The Kier molecular flexibility index (Phi) is 2.49. The zero-order valence-corrected chi connectivity index (χ0v) is 6.17. The van der Waals surface area contributed by atoms with Crippen molar-refractivity contribution in [2.75, 3.05) is 7.11 Å². The summed E-state index contributed by atoms with van der Waals surface area (Å²) in [6.07, 6.45) is 6.97. The quantitative estimate of drug-likeness (QED) is 0.407. The highest BCUT2D eigenvalue weighted by molar-refractivity contribution is 5.72. The van der Waals surface area contributed by atoms with Crippen LogP contribution in [0.2, 0.25) is 0 Å². The Morgan fingerprint density at radius 1 is 1.60 bits per heavy atom. The highest BCUT2D eigenvalue weighted by Gasteiger charge is 2.18. The van der Waals surface area contributed by atoms with Gasteiger partial charge in [0.1, 0.15) is 0 Å². The summed E-state index contributed by atoms with van der Waals surface area (Å²) in [4.78, 5) is 10.9. The van der Waals surface area contributed by atoms with Crippen molar-refractivity contribution in [3.8, 4) is 0 Å². The predicted molar refractivity (Wildman–Crippen MR) is 38.5 cm³/mol. The van der Waals surface area contributed by atoms with Gasteiger partial charge >= 0.3 is 5.97 Å². The Labute approximate surface area is 60.9 Å². The van der Waals surface area contributed by atoms with E-state index in [2.05, 4.69) is 10.8 Å². The normalized spacial score (nSPS) is 24.3. The summed E-state index contributed by atoms with van der Waals surface area (Å²) in [5.74, 6) is 0.0550. The van der Waals surface area contributed by atoms with Crippen LogP contribution in [0.5, 0.6) is 0 Å². The maximum absolute atomic E-state index is 10.9. The SMILES string of the molecule is COC(=O)[C@H]1CC=CCC1. The fourth-order valence-corrected chi connectivity index (χ4v) is 1.17. The summed E-state index contributed by atoms with van der Waals surface area (Å²) >= 11 is 0. The van der Waals surface area contributed by atoms with Crippen molar-refractivity contribution in [1.82, 2.24) is 0 Å². The average molecular weight is 140 g/mol. The Balaban J connectivity index is 2.41. The van der Waals surface area contributed by atoms with Gasteiger partial charge in [-0.1, -0.05) is 12.2 Å². The van der Waals surface area contributed by atoms with E-state index in [9.17, 15) is 4.79 Å². The van der Waals surface area contributed by atoms with Crippen LogP contribution < -0.4 is 0 Å². The van der Waals surface area contributed by atoms with Gasteiger partial charge in [0.25, 0.3) is 0 Å². The molecule has 0 aromatic heterocycles. The van der Waals surface area contributed by atoms with E-state index in [1.807, 2.05) is 6.08 Å². The lowest BCUT2D eigenvalue weighted by Gasteiger charge is -2.13. The molecule has 0 aromatic carbocycles. The highest BCUT2D eigenvalue weighted by atomic mass is 16.5. The molecular weight excluding hydrogens is 128 g/mol. The summed E-state index contributed by atoms with van der Waals surface area (Å²) < 4.78 is 4.62. The number of carbonyl (C=O) groups excluding carboxylic acids is 1. The van der Waals surface area contributed by atoms with Gasteiger partial charge < -0.3 is 4.74 Å². The molecule has 0 radical (unpaired) electrons. The second kappa shape index (κ2) is 3.40. The molecule has 56 valence electrons. The van der Waals surface area contributed by atoms with Gasteiger partial charge in [-0.2, -0.15) is 0 Å². The van der Waals surface area contributed by atoms with Gasteiger partial charge in [0.2, 0.25) is 0 Å². The van der Waals surface area contributed by atoms with E-state index < -0.39 is 0 Å². The molecule has 2 heteroatoms. The molecule has 0 saturated carbocycles. The maximum Gasteiger partial charge on any atom is 0.308 e. The summed E-state index contributed by atoms with van der Waals surface area (Å²) in [7, 11) is 1.45. The zero-order chi connectivity index (χ0) is 7.40. The minimum atomic E-state index is -0.0654. The van der Waals surface area contributed by atoms with Gasteiger partial charge in [-0.15, -0.1) is 0 Å². The summed E-state index contributed by atoms with van der Waals surface area (Å²) in [6.45, 7) is 0. The van der Waals surface area contributed by atoms with Crippen LogP contribution in [0.25, 0.3) is 0 Å². The molecule has 0 saturated heterocycles. The number of ether oxygens (including phenoxy) is 1. The van der Waals surface area contributed by atoms with Gasteiger partial charge in [-0.25, -0.2) is 0 Å². The molecule has 0 aliphatic heterocycles. The van der Waals surface area contributed by atoms with Crippen LogP contribution in [0.1, 0.15) is 19.3 Å². The Morgan fingerprint density at radius 2 is 2.40 bits per heavy atom. The maximum atomic E-state index is 10.9. The van der Waals surface area contributed by atoms with Crippen molar-refractivity contribution >= 4 is 5.97 Å². The zero-order valence-electron chi connectivity index (χ0n) is 6.17. The smallest absolute Gasteiger partial charge is 0.308 e. The van der Waals surface area contributed by atoms with E-state index in [1.54, 1.807) is 0 Å². The molecule has 0 heterocycles. The second-order valence-corrected chi connectivity index (χ2v) is 2.50. The topological polar surface area (TPSA) is 26.3 Å². The number of esters is 1. The molecule has 0 aromatic rings. The van der Waals surface area contributed by atoms with E-state index in [1.165, 1.54) is 7.11 Å². The molecule has 0 unspecified atom stereocenters. The van der Waals surface area contributed by atoms with E-state index in [0.29, 0.717) is 0 Å². The van der Waals surface area contributed by atoms with Crippen molar-refractivity contribution < 1.29 is 9.53 Å². The molecule has 1 aliphatic rings. The van der Waals surface area contributed by atoms with Crippen molar-refractivity contribution in [1.29, 1.82) is 0 Å². The first-order valence-corrected chi connectivity index (χ1v) is 3.57. The average Bonchev–Trinajstić information content (AvgIpc) is 2.05. The fourth-order valence-electron chi connectivity index (χ4n) is 1.17. The Bertz CT molecular complexity index is 149. The number of hydrogen-bond acceptors (Lipinski definition) is 2. The van der Waals surface area contributed by atoms with Crippen LogP contribution in [0.3, 0.4) is 0 Å². The second-order valence-electron chi connectivity index (χ2n) is 2.50. The molecule has 1 rings (SSSR count). The van der Waals surface area contributed by atoms with E-state index in [4.69, 9.17) is 0 Å². The molecular formula is C8H12O2. The van der Waals surface area contributed by atoms with Gasteiger partial charge in [-0.05, 0) is 19.3 Å². The van der Waals surface area contributed by atoms with Crippen LogP contribution in [-0.4, -0.2) is 13.1 Å². The van der Waals surface area contributed by atoms with E-state index in [-0.39, 0.29) is 11.9 Å². The van der Waals surface area contributed by atoms with Crippen LogP contribution in [-0.2, 0) is 9.53 Å². The lowest BCUT2D eigenvalue weighted by Crippen LogP contribution is -2.16. The van der Waals surface area contributed by atoms with Gasteiger partial charge in [0.15, 0.2) is 0 Å². The first-order valence-electron chi connectivity index (χ1n) is 3.57. The minimum absolute atomic E-state index is 0.0654. The third-order valence-corrected chi connectivity index (χ3v) is 1.80. The highest BCUT2D eigenvalue weighted by Crippen LogP contribution is 2.18. The summed E-state index contributed by atoms with van der Waals surface area (Å²) in [5, 5.41) is 0. The predicted octanol–water partition coefficient (Wildman–Crippen LogP) is 1.52. The molecule has 0 spiro atoms. The molecule has 1 atom stereocenters. The van der Waals surface area contributed by atoms with E-state index >= 15 is 0 Å². The van der Waals surface area contributed by atoms with E-state index in [0.717, 1.165) is 19.3 Å². The lowest BCUT2D eigenvalue weighted by atomic mass is 9.95. The standard InChI is InChI=1S/C8H12O2/c1-10-8(9)7-5-3-2-4-6-7/h2-3,7H,4-6H2,1H3/t7-/m0/s1. The molecule has 0 N–H and O–H groups in total. The first-order chi connectivity index (χ1) is 4.84. The molecule has 10 heavy (non-hydrogen) atoms. The number of hydrogen-bond donors (Lipinski definition) is 0. The van der Waals surface area contributed by atoms with Gasteiger partial charge in [0, 0.05) is 0 Å². The fraction of sp³-hybridized carbons (Fsp3) is 0.625. The largest absolute Gasteiger partial charge is 0.469 e. The Hall–Kier alpha value is -0.790. The third-order valence-electron chi connectivity index (χ3n) is 1.80. The van der Waals surface area contributed by atoms with Gasteiger partial charge in [-0.3, -0.25) is 4.79 Å².